The van der Waals surface area contributed by atoms with Crippen LogP contribution in [0.25, 0.3) is 5.83 Å². The zero-order chi connectivity index (χ0) is 29.8. The first-order valence-electron chi connectivity index (χ1n) is 10.7. The maximum atomic E-state index is 15.1. The molecule has 5 nitrogen and oxygen atoms in total. The van der Waals surface area contributed by atoms with Crippen LogP contribution in [-0.2, 0) is 6.18 Å². The normalized spacial score (nSPS) is 13.0. The Labute approximate surface area is 237 Å². The van der Waals surface area contributed by atoms with E-state index in [1.807, 2.05) is 0 Å². The van der Waals surface area contributed by atoms with E-state index in [0.717, 1.165) is 23.2 Å². The fraction of sp³-hybridized carbons (Fsp3) is 0.160. The molecule has 15 heteroatoms. The van der Waals surface area contributed by atoms with Crippen LogP contribution in [0.15, 0.2) is 54.9 Å². The van der Waals surface area contributed by atoms with E-state index in [-0.39, 0.29) is 39.7 Å². The highest BCUT2D eigenvalue weighted by Gasteiger charge is 2.41. The van der Waals surface area contributed by atoms with Crippen LogP contribution in [0.1, 0.15) is 33.0 Å². The molecule has 0 aliphatic carbocycles. The van der Waals surface area contributed by atoms with Gasteiger partial charge in [0.05, 0.1) is 26.2 Å². The summed E-state index contributed by atoms with van der Waals surface area (Å²) in [7, 11) is 0. The number of nitrogens with zero attached hydrogens (tertiary/aromatic N) is 3. The summed E-state index contributed by atoms with van der Waals surface area (Å²) in [5, 5.41) is -0.0306. The number of halogens is 10. The van der Waals surface area contributed by atoms with Gasteiger partial charge in [-0.25, -0.2) is 19.4 Å². The molecule has 0 radical (unpaired) electrons. The Hall–Kier alpha value is -3.53. The molecule has 0 spiro atoms. The van der Waals surface area contributed by atoms with Gasteiger partial charge in [-0.05, 0) is 42.0 Å². The Morgan fingerprint density at radius 1 is 1.05 bits per heavy atom. The van der Waals surface area contributed by atoms with Crippen LogP contribution in [0.5, 0.6) is 0 Å². The van der Waals surface area contributed by atoms with Crippen LogP contribution in [0.2, 0.25) is 15.1 Å². The summed E-state index contributed by atoms with van der Waals surface area (Å²) in [5.74, 6) is -3.58. The first-order chi connectivity index (χ1) is 18.6. The SMILES string of the molecule is C#CCN(NC(=O)c1ccc(/C(F)=C/C(c2cc(Cl)c(Cl)c(Cl)c2)C(F)(F)F)cc1C(F)(F)F)c1ncccn1. The highest BCUT2D eigenvalue weighted by atomic mass is 35.5. The second-order valence-electron chi connectivity index (χ2n) is 7.87. The molecule has 3 rings (SSSR count). The molecule has 0 aliphatic rings. The lowest BCUT2D eigenvalue weighted by Gasteiger charge is -2.22. The van der Waals surface area contributed by atoms with Crippen molar-refractivity contribution in [3.63, 3.8) is 0 Å². The molecule has 40 heavy (non-hydrogen) atoms. The van der Waals surface area contributed by atoms with Crippen LogP contribution >= 0.6 is 34.8 Å². The molecule has 3 aromatic rings. The number of rotatable bonds is 7. The Bertz CT molecular complexity index is 1450. The van der Waals surface area contributed by atoms with Crippen molar-refractivity contribution < 1.29 is 35.5 Å². The molecule has 1 atom stereocenters. The lowest BCUT2D eigenvalue weighted by Crippen LogP contribution is -2.44. The number of amides is 1. The Balaban J connectivity index is 2.03. The highest BCUT2D eigenvalue weighted by Crippen LogP contribution is 2.42. The maximum absolute atomic E-state index is 15.1. The van der Waals surface area contributed by atoms with Crippen molar-refractivity contribution in [3.8, 4) is 12.3 Å². The summed E-state index contributed by atoms with van der Waals surface area (Å²) < 4.78 is 98.2. The van der Waals surface area contributed by atoms with Crippen molar-refractivity contribution in [1.29, 1.82) is 0 Å². The van der Waals surface area contributed by atoms with Gasteiger partial charge in [-0.3, -0.25) is 10.2 Å². The zero-order valence-electron chi connectivity index (χ0n) is 19.6. The smallest absolute Gasteiger partial charge is 0.267 e. The number of hydrogen-bond donors (Lipinski definition) is 1. The van der Waals surface area contributed by atoms with Gasteiger partial charge in [0.1, 0.15) is 18.3 Å². The number of anilines is 1. The van der Waals surface area contributed by atoms with Gasteiger partial charge in [0.2, 0.25) is 5.95 Å². The van der Waals surface area contributed by atoms with Crippen molar-refractivity contribution in [1.82, 2.24) is 15.4 Å². The average molecular weight is 626 g/mol. The summed E-state index contributed by atoms with van der Waals surface area (Å²) >= 11 is 17.4. The van der Waals surface area contributed by atoms with Crippen LogP contribution in [0.4, 0.5) is 36.7 Å². The Kier molecular flexibility index (Phi) is 9.56. The number of alkyl halides is 6. The fourth-order valence-corrected chi connectivity index (χ4v) is 3.98. The second kappa shape index (κ2) is 12.3. The number of carbonyl (C=O) groups is 1. The van der Waals surface area contributed by atoms with E-state index in [1.165, 1.54) is 18.5 Å². The van der Waals surface area contributed by atoms with E-state index in [9.17, 15) is 31.1 Å². The van der Waals surface area contributed by atoms with E-state index < -0.39 is 52.3 Å². The molecule has 0 aliphatic heterocycles. The predicted octanol–water partition coefficient (Wildman–Crippen LogP) is 7.90. The summed E-state index contributed by atoms with van der Waals surface area (Å²) in [6.45, 7) is -0.329. The molecule has 1 N–H and O–H groups in total. The first-order valence-corrected chi connectivity index (χ1v) is 11.9. The monoisotopic (exact) mass is 624 g/mol. The number of allylic oxidation sites excluding steroid dienone is 1. The summed E-state index contributed by atoms with van der Waals surface area (Å²) in [6, 6.07) is 4.60. The van der Waals surface area contributed by atoms with Gasteiger partial charge >= 0.3 is 12.4 Å². The standard InChI is InChI=1S/C25H14Cl3F7N4O/c1-2-8-39(23-36-6-3-7-37-23)38-22(40)15-5-4-13(9-17(15)25(33,34)35)20(29)12-16(24(30,31)32)14-10-18(26)21(28)19(27)11-14/h1,3-7,9-12,16H,8H2,(H,38,40)/b20-12-. The predicted molar refractivity (Wildman–Crippen MR) is 136 cm³/mol. The molecule has 210 valence electrons. The average Bonchev–Trinajstić information content (AvgIpc) is 2.88. The van der Waals surface area contributed by atoms with Crippen LogP contribution in [0, 0.1) is 12.3 Å². The third-order valence-electron chi connectivity index (χ3n) is 5.16. The minimum Gasteiger partial charge on any atom is -0.267 e. The summed E-state index contributed by atoms with van der Waals surface area (Å²) in [5.41, 5.74) is -1.94. The molecular formula is C25H14Cl3F7N4O. The lowest BCUT2D eigenvalue weighted by molar-refractivity contribution is -0.140. The van der Waals surface area contributed by atoms with Crippen molar-refractivity contribution >= 4 is 52.5 Å². The van der Waals surface area contributed by atoms with Crippen molar-refractivity contribution in [2.75, 3.05) is 11.6 Å². The van der Waals surface area contributed by atoms with Gasteiger partial charge < -0.3 is 0 Å². The van der Waals surface area contributed by atoms with Gasteiger partial charge in [-0.2, -0.15) is 26.3 Å². The number of nitrogens with one attached hydrogen (secondary N) is 1. The van der Waals surface area contributed by atoms with E-state index in [2.05, 4.69) is 21.3 Å². The topological polar surface area (TPSA) is 58.1 Å². The van der Waals surface area contributed by atoms with Gasteiger partial charge in [0.15, 0.2) is 0 Å². The molecular weight excluding hydrogens is 612 g/mol. The molecule has 1 amide bonds. The van der Waals surface area contributed by atoms with Gasteiger partial charge in [0, 0.05) is 18.0 Å². The molecule has 0 saturated carbocycles. The van der Waals surface area contributed by atoms with E-state index in [1.54, 1.807) is 0 Å². The summed E-state index contributed by atoms with van der Waals surface area (Å²) in [6.07, 6.45) is -2.40. The fourth-order valence-electron chi connectivity index (χ4n) is 3.37. The number of aromatic nitrogens is 2. The molecule has 0 saturated heterocycles. The zero-order valence-corrected chi connectivity index (χ0v) is 21.9. The second-order valence-corrected chi connectivity index (χ2v) is 9.06. The van der Waals surface area contributed by atoms with Crippen LogP contribution in [0.3, 0.4) is 0 Å². The molecule has 0 fully saturated rings. The minimum atomic E-state index is -5.20. The van der Waals surface area contributed by atoms with Crippen molar-refractivity contribution in [3.05, 3.63) is 92.2 Å². The van der Waals surface area contributed by atoms with E-state index >= 15 is 4.39 Å². The van der Waals surface area contributed by atoms with E-state index in [4.69, 9.17) is 41.2 Å². The largest absolute Gasteiger partial charge is 0.417 e. The first kappa shape index (κ1) is 31.0. The molecule has 1 aromatic heterocycles. The Morgan fingerprint density at radius 2 is 1.65 bits per heavy atom. The number of terminal acetylenes is 1. The number of hydrazine groups is 1. The highest BCUT2D eigenvalue weighted by molar-refractivity contribution is 6.48. The summed E-state index contributed by atoms with van der Waals surface area (Å²) in [4.78, 5) is 20.5. The number of carbonyl (C=O) groups excluding carboxylic acids is 1. The quantitative estimate of drug-likeness (QED) is 0.126. The van der Waals surface area contributed by atoms with Crippen LogP contribution < -0.4 is 10.4 Å². The third-order valence-corrected chi connectivity index (χ3v) is 6.35. The molecule has 2 aromatic carbocycles. The third kappa shape index (κ3) is 7.35. The van der Waals surface area contributed by atoms with Crippen LogP contribution in [-0.4, -0.2) is 28.6 Å². The van der Waals surface area contributed by atoms with Gasteiger partial charge in [-0.1, -0.05) is 46.8 Å². The minimum absolute atomic E-state index is 0.0620. The maximum Gasteiger partial charge on any atom is 0.417 e. The molecule has 1 unspecified atom stereocenters. The molecule has 0 bridgehead atoms. The van der Waals surface area contributed by atoms with Gasteiger partial charge in [0.25, 0.3) is 5.91 Å². The van der Waals surface area contributed by atoms with Crippen molar-refractivity contribution in [2.45, 2.75) is 18.3 Å². The van der Waals surface area contributed by atoms with Crippen molar-refractivity contribution in [2.24, 2.45) is 0 Å². The number of benzene rings is 2. The van der Waals surface area contributed by atoms with E-state index in [0.29, 0.717) is 6.07 Å². The Morgan fingerprint density at radius 3 is 2.17 bits per heavy atom. The lowest BCUT2D eigenvalue weighted by atomic mass is 9.95. The molecule has 1 heterocycles. The number of hydrogen-bond acceptors (Lipinski definition) is 4. The van der Waals surface area contributed by atoms with Gasteiger partial charge in [-0.15, -0.1) is 6.42 Å².